The van der Waals surface area contributed by atoms with E-state index >= 15 is 0 Å². The minimum Gasteiger partial charge on any atom is -0.477 e. The van der Waals surface area contributed by atoms with Crippen LogP contribution >= 0.6 is 0 Å². The molecule has 0 atom stereocenters. The van der Waals surface area contributed by atoms with Gasteiger partial charge in [-0.25, -0.2) is 27.7 Å². The fourth-order valence-electron chi connectivity index (χ4n) is 2.96. The number of amides is 1. The Balaban J connectivity index is 2.06. The van der Waals surface area contributed by atoms with Crippen LogP contribution in [0.15, 0.2) is 17.2 Å². The summed E-state index contributed by atoms with van der Waals surface area (Å²) in [5.74, 6) is -0.847. The third kappa shape index (κ3) is 6.05. The summed E-state index contributed by atoms with van der Waals surface area (Å²) in [6.07, 6.45) is 2.28. The lowest BCUT2D eigenvalue weighted by Crippen LogP contribution is -2.42. The van der Waals surface area contributed by atoms with E-state index in [1.807, 2.05) is 20.8 Å². The number of carbonyl (C=O) groups excluding carboxylic acids is 2. The Morgan fingerprint density at radius 2 is 1.90 bits per heavy atom. The van der Waals surface area contributed by atoms with Crippen molar-refractivity contribution < 1.29 is 32.2 Å². The smallest absolute Gasteiger partial charge is 0.410 e. The number of aromatic nitrogens is 1. The van der Waals surface area contributed by atoms with Crippen molar-refractivity contribution in [3.63, 3.8) is 0 Å². The first-order valence-electron chi connectivity index (χ1n) is 9.60. The molecule has 1 N–H and O–H groups in total. The average molecular weight is 444 g/mol. The molecule has 0 aromatic carbocycles. The van der Waals surface area contributed by atoms with E-state index in [-0.39, 0.29) is 35.0 Å². The van der Waals surface area contributed by atoms with Crippen LogP contribution in [0, 0.1) is 5.92 Å². The second kappa shape index (κ2) is 9.61. The fraction of sp³-hybridized carbons (Fsp3) is 0.632. The summed E-state index contributed by atoms with van der Waals surface area (Å²) in [7, 11) is -1.51. The Kier molecular flexibility index (Phi) is 7.64. The molecule has 1 aliphatic heterocycles. The lowest BCUT2D eigenvalue weighted by molar-refractivity contribution is 0.0162. The lowest BCUT2D eigenvalue weighted by atomic mass is 9.98. The quantitative estimate of drug-likeness (QED) is 0.660. The molecule has 0 bridgehead atoms. The highest BCUT2D eigenvalue weighted by molar-refractivity contribution is 7.89. The van der Waals surface area contributed by atoms with Crippen molar-refractivity contribution in [2.24, 2.45) is 5.92 Å². The summed E-state index contributed by atoms with van der Waals surface area (Å²) in [5, 5.41) is 0. The Bertz CT molecular complexity index is 873. The molecule has 2 heterocycles. The van der Waals surface area contributed by atoms with Crippen molar-refractivity contribution in [3.05, 3.63) is 17.8 Å². The molecule has 0 unspecified atom stereocenters. The Morgan fingerprint density at radius 1 is 1.27 bits per heavy atom. The van der Waals surface area contributed by atoms with Crippen LogP contribution in [0.1, 0.15) is 44.0 Å². The van der Waals surface area contributed by atoms with E-state index in [0.717, 1.165) is 7.11 Å². The van der Waals surface area contributed by atoms with E-state index in [9.17, 15) is 18.0 Å². The molecule has 0 spiro atoms. The largest absolute Gasteiger partial charge is 0.477 e. The molecule has 1 amide bonds. The van der Waals surface area contributed by atoms with Gasteiger partial charge in [0.15, 0.2) is 0 Å². The number of nitrogens with zero attached hydrogens (tertiary/aromatic N) is 2. The molecule has 1 aromatic rings. The Hall–Kier alpha value is -2.40. The number of hydrogen-bond donors (Lipinski definition) is 1. The van der Waals surface area contributed by atoms with Crippen molar-refractivity contribution in [1.29, 1.82) is 0 Å². The van der Waals surface area contributed by atoms with Gasteiger partial charge < -0.3 is 19.1 Å². The van der Waals surface area contributed by atoms with Crippen molar-refractivity contribution in [1.82, 2.24) is 14.6 Å². The molecule has 10 nitrogen and oxygen atoms in total. The molecule has 30 heavy (non-hydrogen) atoms. The van der Waals surface area contributed by atoms with Gasteiger partial charge in [0.1, 0.15) is 16.1 Å². The molecular formula is C19H29N3O7S. The second-order valence-corrected chi connectivity index (χ2v) is 9.77. The maximum Gasteiger partial charge on any atom is 0.410 e. The number of rotatable bonds is 6. The standard InChI is InChI=1S/C19H29N3O7S/c1-19(2,3)29-18(24)22-10-7-13(8-11-22)12-28-16-15(17(23)27-5)14(6-9-21-16)30(25,26)20-4/h6,9,13,20H,7-8,10-12H2,1-5H3. The van der Waals surface area contributed by atoms with Crippen LogP contribution in [0.3, 0.4) is 0 Å². The van der Waals surface area contributed by atoms with E-state index in [1.54, 1.807) is 4.90 Å². The third-order valence-electron chi connectivity index (χ3n) is 4.55. The van der Waals surface area contributed by atoms with Crippen LogP contribution in [-0.2, 0) is 19.5 Å². The first-order valence-corrected chi connectivity index (χ1v) is 11.1. The zero-order valence-electron chi connectivity index (χ0n) is 17.9. The van der Waals surface area contributed by atoms with Crippen molar-refractivity contribution in [2.75, 3.05) is 33.9 Å². The van der Waals surface area contributed by atoms with Crippen LogP contribution in [-0.4, -0.2) is 69.8 Å². The van der Waals surface area contributed by atoms with Gasteiger partial charge in [-0.15, -0.1) is 0 Å². The zero-order valence-corrected chi connectivity index (χ0v) is 18.7. The second-order valence-electron chi connectivity index (χ2n) is 7.91. The topological polar surface area (TPSA) is 124 Å². The molecule has 1 aliphatic rings. The van der Waals surface area contributed by atoms with Gasteiger partial charge in [0.2, 0.25) is 15.9 Å². The molecule has 1 aromatic heterocycles. The van der Waals surface area contributed by atoms with Gasteiger partial charge in [-0.1, -0.05) is 0 Å². The first-order chi connectivity index (χ1) is 14.0. The highest BCUT2D eigenvalue weighted by Gasteiger charge is 2.30. The van der Waals surface area contributed by atoms with Gasteiger partial charge in [0.05, 0.1) is 13.7 Å². The number of likely N-dealkylation sites (tertiary alicyclic amines) is 1. The zero-order chi connectivity index (χ0) is 22.5. The molecule has 11 heteroatoms. The minimum absolute atomic E-state index is 0.104. The number of nitrogens with one attached hydrogen (secondary N) is 1. The molecule has 0 saturated carbocycles. The van der Waals surface area contributed by atoms with Crippen LogP contribution in [0.4, 0.5) is 4.79 Å². The summed E-state index contributed by atoms with van der Waals surface area (Å²) in [6.45, 7) is 6.73. The van der Waals surface area contributed by atoms with E-state index in [4.69, 9.17) is 14.2 Å². The lowest BCUT2D eigenvalue weighted by Gasteiger charge is -2.33. The van der Waals surface area contributed by atoms with Gasteiger partial charge >= 0.3 is 12.1 Å². The first kappa shape index (κ1) is 23.9. The van der Waals surface area contributed by atoms with Crippen molar-refractivity contribution in [2.45, 2.75) is 44.1 Å². The predicted octanol–water partition coefficient (Wildman–Crippen LogP) is 1.80. The molecule has 168 valence electrons. The summed E-state index contributed by atoms with van der Waals surface area (Å²) in [4.78, 5) is 29.8. The average Bonchev–Trinajstić information content (AvgIpc) is 2.70. The van der Waals surface area contributed by atoms with E-state index in [0.29, 0.717) is 25.9 Å². The molecular weight excluding hydrogens is 414 g/mol. The van der Waals surface area contributed by atoms with Gasteiger partial charge in [0.25, 0.3) is 0 Å². The Labute approximate surface area is 176 Å². The normalized spacial score (nSPS) is 15.6. The van der Waals surface area contributed by atoms with Crippen LogP contribution < -0.4 is 9.46 Å². The van der Waals surface area contributed by atoms with Gasteiger partial charge in [0, 0.05) is 19.3 Å². The van der Waals surface area contributed by atoms with Gasteiger partial charge in [-0.3, -0.25) is 0 Å². The number of esters is 1. The number of carbonyl (C=O) groups is 2. The molecule has 0 aliphatic carbocycles. The monoisotopic (exact) mass is 443 g/mol. The maximum atomic E-state index is 12.2. The molecule has 2 rings (SSSR count). The molecule has 1 saturated heterocycles. The third-order valence-corrected chi connectivity index (χ3v) is 6.00. The maximum absolute atomic E-state index is 12.2. The van der Waals surface area contributed by atoms with Crippen molar-refractivity contribution in [3.8, 4) is 5.88 Å². The number of hydrogen-bond acceptors (Lipinski definition) is 8. The van der Waals surface area contributed by atoms with Gasteiger partial charge in [-0.05, 0) is 52.6 Å². The predicted molar refractivity (Wildman–Crippen MR) is 108 cm³/mol. The summed E-state index contributed by atoms with van der Waals surface area (Å²) in [6, 6.07) is 1.21. The highest BCUT2D eigenvalue weighted by atomic mass is 32.2. The minimum atomic E-state index is -3.91. The van der Waals surface area contributed by atoms with Crippen molar-refractivity contribution >= 4 is 22.1 Å². The van der Waals surface area contributed by atoms with Crippen LogP contribution in [0.25, 0.3) is 0 Å². The number of sulfonamides is 1. The van der Waals surface area contributed by atoms with E-state index in [2.05, 4.69) is 9.71 Å². The summed E-state index contributed by atoms with van der Waals surface area (Å²) in [5.41, 5.74) is -0.799. The summed E-state index contributed by atoms with van der Waals surface area (Å²) >= 11 is 0. The van der Waals surface area contributed by atoms with E-state index < -0.39 is 21.6 Å². The fourth-order valence-corrected chi connectivity index (χ4v) is 3.86. The number of methoxy groups -OCH3 is 1. The summed E-state index contributed by atoms with van der Waals surface area (Å²) < 4.78 is 42.5. The number of pyridine rings is 1. The molecule has 0 radical (unpaired) electrons. The Morgan fingerprint density at radius 3 is 2.43 bits per heavy atom. The molecule has 1 fully saturated rings. The highest BCUT2D eigenvalue weighted by Crippen LogP contribution is 2.26. The van der Waals surface area contributed by atoms with E-state index in [1.165, 1.54) is 19.3 Å². The van der Waals surface area contributed by atoms with Crippen LogP contribution in [0.2, 0.25) is 0 Å². The van der Waals surface area contributed by atoms with Crippen LogP contribution in [0.5, 0.6) is 5.88 Å². The SMILES string of the molecule is CNS(=O)(=O)c1ccnc(OCC2CCN(C(=O)OC(C)(C)C)CC2)c1C(=O)OC. The number of ether oxygens (including phenoxy) is 3. The van der Waals surface area contributed by atoms with Gasteiger partial charge in [-0.2, -0.15) is 0 Å². The number of piperidine rings is 1.